The Morgan fingerprint density at radius 1 is 0.828 bits per heavy atom. The number of amides is 1. The minimum absolute atomic E-state index is 0.0181. The van der Waals surface area contributed by atoms with Gasteiger partial charge in [0, 0.05) is 11.4 Å². The van der Waals surface area contributed by atoms with Crippen molar-refractivity contribution in [3.8, 4) is 5.75 Å². The molecule has 1 N–H and O–H groups in total. The minimum atomic E-state index is -0.315. The van der Waals surface area contributed by atoms with Crippen molar-refractivity contribution in [1.82, 2.24) is 0 Å². The Kier molecular flexibility index (Phi) is 4.17. The molecule has 1 aliphatic heterocycles. The highest BCUT2D eigenvalue weighted by molar-refractivity contribution is 6.12. The molecule has 0 aromatic heterocycles. The summed E-state index contributed by atoms with van der Waals surface area (Å²) in [4.78, 5) is 15.4. The summed E-state index contributed by atoms with van der Waals surface area (Å²) < 4.78 is 5.29. The predicted molar refractivity (Wildman–Crippen MR) is 117 cm³/mol. The molecular formula is C25H20N2O2. The number of carbonyl (C=O) groups excluding carboxylic acids is 1. The van der Waals surface area contributed by atoms with Gasteiger partial charge in [-0.2, -0.15) is 0 Å². The summed E-state index contributed by atoms with van der Waals surface area (Å²) in [5, 5.41) is 5.79. The van der Waals surface area contributed by atoms with Crippen molar-refractivity contribution in [3.63, 3.8) is 0 Å². The standard InChI is InChI=1S/C25H20N2O2/c1-29-21-14-11-18(12-15-21)24-26-23-9-5-4-8-22(23)25(28)27(24)20-13-10-17-6-2-3-7-19(17)16-20/h2-16,24,26H,1H3/t24-/m1/s1. The molecular weight excluding hydrogens is 360 g/mol. The van der Waals surface area contributed by atoms with Crippen LogP contribution in [0.25, 0.3) is 10.8 Å². The summed E-state index contributed by atoms with van der Waals surface area (Å²) in [5.74, 6) is 0.768. The fraction of sp³-hybridized carbons (Fsp3) is 0.0800. The van der Waals surface area contributed by atoms with E-state index in [1.165, 1.54) is 0 Å². The summed E-state index contributed by atoms with van der Waals surface area (Å²) in [6.45, 7) is 0. The molecule has 1 amide bonds. The van der Waals surface area contributed by atoms with Crippen molar-refractivity contribution < 1.29 is 9.53 Å². The molecule has 0 fully saturated rings. The van der Waals surface area contributed by atoms with E-state index in [0.717, 1.165) is 33.5 Å². The van der Waals surface area contributed by atoms with Crippen molar-refractivity contribution in [2.45, 2.75) is 6.17 Å². The molecule has 0 spiro atoms. The van der Waals surface area contributed by atoms with E-state index in [2.05, 4.69) is 29.6 Å². The maximum atomic E-state index is 13.5. The van der Waals surface area contributed by atoms with Crippen molar-refractivity contribution in [1.29, 1.82) is 0 Å². The topological polar surface area (TPSA) is 41.6 Å². The van der Waals surface area contributed by atoms with Gasteiger partial charge in [0.1, 0.15) is 11.9 Å². The van der Waals surface area contributed by atoms with E-state index >= 15 is 0 Å². The van der Waals surface area contributed by atoms with Crippen LogP contribution >= 0.6 is 0 Å². The van der Waals surface area contributed by atoms with Gasteiger partial charge in [0.05, 0.1) is 12.7 Å². The molecule has 0 saturated carbocycles. The Balaban J connectivity index is 1.66. The van der Waals surface area contributed by atoms with E-state index in [1.54, 1.807) is 7.11 Å². The quantitative estimate of drug-likeness (QED) is 0.502. The number of benzene rings is 4. The number of hydrogen-bond acceptors (Lipinski definition) is 3. The average molecular weight is 380 g/mol. The molecule has 0 unspecified atom stereocenters. The third-order valence-electron chi connectivity index (χ3n) is 5.37. The van der Waals surface area contributed by atoms with Gasteiger partial charge in [0.15, 0.2) is 0 Å². The normalized spacial score (nSPS) is 15.7. The van der Waals surface area contributed by atoms with Crippen molar-refractivity contribution in [2.24, 2.45) is 0 Å². The van der Waals surface area contributed by atoms with E-state index in [1.807, 2.05) is 71.6 Å². The van der Waals surface area contributed by atoms with Crippen LogP contribution in [-0.2, 0) is 0 Å². The lowest BCUT2D eigenvalue weighted by atomic mass is 10.0. The molecule has 5 rings (SSSR count). The Morgan fingerprint density at radius 2 is 1.55 bits per heavy atom. The number of anilines is 2. The van der Waals surface area contributed by atoms with Gasteiger partial charge in [-0.05, 0) is 52.7 Å². The van der Waals surface area contributed by atoms with Crippen molar-refractivity contribution in [2.75, 3.05) is 17.3 Å². The number of rotatable bonds is 3. The van der Waals surface area contributed by atoms with Gasteiger partial charge in [-0.25, -0.2) is 0 Å². The third-order valence-corrected chi connectivity index (χ3v) is 5.37. The molecule has 4 aromatic carbocycles. The van der Waals surface area contributed by atoms with Gasteiger partial charge >= 0.3 is 0 Å². The average Bonchev–Trinajstić information content (AvgIpc) is 2.79. The number of hydrogen-bond donors (Lipinski definition) is 1. The maximum absolute atomic E-state index is 13.5. The first-order valence-electron chi connectivity index (χ1n) is 9.56. The van der Waals surface area contributed by atoms with Gasteiger partial charge in [-0.3, -0.25) is 9.69 Å². The van der Waals surface area contributed by atoms with E-state index in [9.17, 15) is 4.79 Å². The van der Waals surface area contributed by atoms with E-state index in [0.29, 0.717) is 5.56 Å². The van der Waals surface area contributed by atoms with Crippen molar-refractivity contribution >= 4 is 28.1 Å². The fourth-order valence-electron chi connectivity index (χ4n) is 3.87. The van der Waals surface area contributed by atoms with E-state index in [-0.39, 0.29) is 12.1 Å². The van der Waals surface area contributed by atoms with Gasteiger partial charge in [-0.1, -0.05) is 54.6 Å². The number of nitrogens with zero attached hydrogens (tertiary/aromatic N) is 1. The monoisotopic (exact) mass is 380 g/mol. The van der Waals surface area contributed by atoms with Gasteiger partial charge in [-0.15, -0.1) is 0 Å². The molecule has 0 radical (unpaired) electrons. The second-order valence-electron chi connectivity index (χ2n) is 7.07. The summed E-state index contributed by atoms with van der Waals surface area (Å²) in [6.07, 6.45) is -0.315. The van der Waals surface area contributed by atoms with Crippen LogP contribution in [0.2, 0.25) is 0 Å². The number of para-hydroxylation sites is 1. The van der Waals surface area contributed by atoms with Crippen LogP contribution in [0, 0.1) is 0 Å². The van der Waals surface area contributed by atoms with Gasteiger partial charge in [0.25, 0.3) is 5.91 Å². The molecule has 1 atom stereocenters. The van der Waals surface area contributed by atoms with Crippen LogP contribution in [0.3, 0.4) is 0 Å². The maximum Gasteiger partial charge on any atom is 0.262 e. The highest BCUT2D eigenvalue weighted by Crippen LogP contribution is 2.37. The first kappa shape index (κ1) is 17.3. The lowest BCUT2D eigenvalue weighted by molar-refractivity contribution is 0.0975. The summed E-state index contributed by atoms with van der Waals surface area (Å²) in [6, 6.07) is 29.8. The van der Waals surface area contributed by atoms with Crippen LogP contribution in [0.1, 0.15) is 22.1 Å². The lowest BCUT2D eigenvalue weighted by Crippen LogP contribution is -2.43. The van der Waals surface area contributed by atoms with E-state index < -0.39 is 0 Å². The Hall–Kier alpha value is -3.79. The predicted octanol–water partition coefficient (Wildman–Crippen LogP) is 5.62. The molecule has 1 heterocycles. The molecule has 142 valence electrons. The molecule has 0 saturated heterocycles. The first-order valence-corrected chi connectivity index (χ1v) is 9.56. The van der Waals surface area contributed by atoms with Crippen LogP contribution in [0.4, 0.5) is 11.4 Å². The highest BCUT2D eigenvalue weighted by atomic mass is 16.5. The Bertz CT molecular complexity index is 1200. The fourth-order valence-corrected chi connectivity index (χ4v) is 3.87. The second kappa shape index (κ2) is 6.99. The largest absolute Gasteiger partial charge is 0.497 e. The lowest BCUT2D eigenvalue weighted by Gasteiger charge is -2.38. The molecule has 4 aromatic rings. The smallest absolute Gasteiger partial charge is 0.262 e. The Morgan fingerprint density at radius 3 is 2.34 bits per heavy atom. The minimum Gasteiger partial charge on any atom is -0.497 e. The Labute approximate surface area is 169 Å². The summed E-state index contributed by atoms with van der Waals surface area (Å²) in [5.41, 5.74) is 3.36. The van der Waals surface area contributed by atoms with Crippen LogP contribution in [0.15, 0.2) is 91.0 Å². The van der Waals surface area contributed by atoms with Crippen LogP contribution in [0.5, 0.6) is 5.75 Å². The SMILES string of the molecule is COc1ccc([C@@H]2Nc3ccccc3C(=O)N2c2ccc3ccccc3c2)cc1. The third kappa shape index (κ3) is 2.99. The molecule has 1 aliphatic rings. The zero-order valence-corrected chi connectivity index (χ0v) is 16.0. The van der Waals surface area contributed by atoms with Crippen LogP contribution < -0.4 is 15.0 Å². The number of methoxy groups -OCH3 is 1. The van der Waals surface area contributed by atoms with Gasteiger partial charge in [0.2, 0.25) is 0 Å². The zero-order valence-electron chi connectivity index (χ0n) is 16.0. The first-order chi connectivity index (χ1) is 14.2. The van der Waals surface area contributed by atoms with Crippen molar-refractivity contribution in [3.05, 3.63) is 102 Å². The number of carbonyl (C=O) groups is 1. The zero-order chi connectivity index (χ0) is 19.8. The summed E-state index contributed by atoms with van der Waals surface area (Å²) >= 11 is 0. The molecule has 4 heteroatoms. The number of nitrogens with one attached hydrogen (secondary N) is 1. The molecule has 0 bridgehead atoms. The summed E-state index contributed by atoms with van der Waals surface area (Å²) in [7, 11) is 1.65. The molecule has 29 heavy (non-hydrogen) atoms. The van der Waals surface area contributed by atoms with Gasteiger partial charge < -0.3 is 10.1 Å². The van der Waals surface area contributed by atoms with Crippen LogP contribution in [-0.4, -0.2) is 13.0 Å². The molecule has 0 aliphatic carbocycles. The number of fused-ring (bicyclic) bond motifs is 2. The molecule has 4 nitrogen and oxygen atoms in total. The second-order valence-corrected chi connectivity index (χ2v) is 7.07. The van der Waals surface area contributed by atoms with E-state index in [4.69, 9.17) is 4.74 Å². The highest BCUT2D eigenvalue weighted by Gasteiger charge is 2.34. The number of ether oxygens (including phenoxy) is 1.